The van der Waals surface area contributed by atoms with E-state index in [0.29, 0.717) is 16.9 Å². The fourth-order valence-electron chi connectivity index (χ4n) is 2.56. The van der Waals surface area contributed by atoms with Crippen LogP contribution in [0.5, 0.6) is 0 Å². The first-order valence-corrected chi connectivity index (χ1v) is 7.51. The Labute approximate surface area is 132 Å². The maximum absolute atomic E-state index is 13.1. The third-order valence-electron chi connectivity index (χ3n) is 4.00. The lowest BCUT2D eigenvalue weighted by molar-refractivity contribution is 0.0952. The van der Waals surface area contributed by atoms with Crippen LogP contribution in [-0.2, 0) is 7.05 Å². The van der Waals surface area contributed by atoms with Gasteiger partial charge >= 0.3 is 0 Å². The highest BCUT2D eigenvalue weighted by Crippen LogP contribution is 2.26. The van der Waals surface area contributed by atoms with Crippen LogP contribution in [0.3, 0.4) is 0 Å². The zero-order valence-electron chi connectivity index (χ0n) is 12.6. The van der Waals surface area contributed by atoms with Crippen LogP contribution in [0.25, 0.3) is 22.3 Å². The molecule has 1 saturated carbocycles. The Bertz CT molecular complexity index is 897. The molecule has 0 atom stereocenters. The van der Waals surface area contributed by atoms with E-state index in [4.69, 9.17) is 0 Å². The predicted octanol–water partition coefficient (Wildman–Crippen LogP) is 2.67. The first-order valence-electron chi connectivity index (χ1n) is 7.51. The molecule has 1 aliphatic rings. The molecule has 0 radical (unpaired) electrons. The number of fused-ring (bicyclic) bond motifs is 1. The molecule has 4 rings (SSSR count). The minimum atomic E-state index is -0.304. The Morgan fingerprint density at radius 3 is 2.74 bits per heavy atom. The van der Waals surface area contributed by atoms with E-state index >= 15 is 0 Å². The van der Waals surface area contributed by atoms with Crippen LogP contribution in [0.2, 0.25) is 0 Å². The number of aryl methyl sites for hydroxylation is 1. The Kier molecular flexibility index (Phi) is 3.11. The number of benzene rings is 1. The lowest BCUT2D eigenvalue weighted by Crippen LogP contribution is -2.25. The van der Waals surface area contributed by atoms with E-state index in [1.165, 1.54) is 12.1 Å². The number of halogens is 1. The molecule has 2 heterocycles. The average Bonchev–Trinajstić information content (AvgIpc) is 3.29. The molecule has 3 aromatic rings. The van der Waals surface area contributed by atoms with Crippen molar-refractivity contribution < 1.29 is 9.18 Å². The molecule has 0 saturated heterocycles. The van der Waals surface area contributed by atoms with Crippen molar-refractivity contribution in [1.82, 2.24) is 20.1 Å². The fourth-order valence-corrected chi connectivity index (χ4v) is 2.56. The Morgan fingerprint density at radius 1 is 1.30 bits per heavy atom. The van der Waals surface area contributed by atoms with Gasteiger partial charge in [-0.1, -0.05) is 0 Å². The number of rotatable bonds is 3. The van der Waals surface area contributed by atoms with Crippen molar-refractivity contribution in [1.29, 1.82) is 0 Å². The van der Waals surface area contributed by atoms with Crippen molar-refractivity contribution in [3.05, 3.63) is 47.9 Å². The van der Waals surface area contributed by atoms with Gasteiger partial charge in [0.25, 0.3) is 5.91 Å². The molecule has 116 valence electrons. The Morgan fingerprint density at radius 2 is 2.04 bits per heavy atom. The molecular formula is C17H15FN4O. The van der Waals surface area contributed by atoms with Crippen molar-refractivity contribution in [2.75, 3.05) is 0 Å². The number of nitrogens with zero attached hydrogens (tertiary/aromatic N) is 3. The van der Waals surface area contributed by atoms with Crippen molar-refractivity contribution in [2.45, 2.75) is 18.9 Å². The van der Waals surface area contributed by atoms with Crippen LogP contribution < -0.4 is 5.32 Å². The number of amides is 1. The Balaban J connectivity index is 1.86. The van der Waals surface area contributed by atoms with Gasteiger partial charge in [-0.2, -0.15) is 5.10 Å². The number of hydrogen-bond donors (Lipinski definition) is 1. The fraction of sp³-hybridized carbons (Fsp3) is 0.235. The minimum absolute atomic E-state index is 0.115. The molecule has 23 heavy (non-hydrogen) atoms. The van der Waals surface area contributed by atoms with Crippen LogP contribution >= 0.6 is 0 Å². The summed E-state index contributed by atoms with van der Waals surface area (Å²) in [5.41, 5.74) is 2.57. The number of carbonyl (C=O) groups is 1. The molecule has 1 aromatic carbocycles. The van der Waals surface area contributed by atoms with Gasteiger partial charge in [-0.25, -0.2) is 9.37 Å². The summed E-state index contributed by atoms with van der Waals surface area (Å²) in [4.78, 5) is 17.1. The number of nitrogens with one attached hydrogen (secondary N) is 1. The van der Waals surface area contributed by atoms with Crippen LogP contribution in [-0.4, -0.2) is 26.7 Å². The molecule has 0 unspecified atom stereocenters. The number of aromatic nitrogens is 3. The Hall–Kier alpha value is -2.76. The SMILES string of the molecule is Cn1ncc2c(C(=O)NC3CC3)cc(-c3ccc(F)cc3)nc21. The summed E-state index contributed by atoms with van der Waals surface area (Å²) in [6.45, 7) is 0. The van der Waals surface area contributed by atoms with Gasteiger partial charge in [-0.3, -0.25) is 9.48 Å². The van der Waals surface area contributed by atoms with Crippen molar-refractivity contribution in [3.63, 3.8) is 0 Å². The third-order valence-corrected chi connectivity index (χ3v) is 4.00. The summed E-state index contributed by atoms with van der Waals surface area (Å²) in [6.07, 6.45) is 3.70. The normalized spacial score (nSPS) is 14.2. The number of pyridine rings is 1. The first-order chi connectivity index (χ1) is 11.1. The lowest BCUT2D eigenvalue weighted by Gasteiger charge is -2.08. The minimum Gasteiger partial charge on any atom is -0.349 e. The molecular weight excluding hydrogens is 295 g/mol. The predicted molar refractivity (Wildman–Crippen MR) is 84.4 cm³/mol. The maximum atomic E-state index is 13.1. The molecule has 2 aromatic heterocycles. The van der Waals surface area contributed by atoms with Gasteiger partial charge in [0.1, 0.15) is 5.82 Å². The highest BCUT2D eigenvalue weighted by atomic mass is 19.1. The van der Waals surface area contributed by atoms with Crippen molar-refractivity contribution >= 4 is 16.9 Å². The standard InChI is InChI=1S/C17H15FN4O/c1-22-16-14(9-19-22)13(17(23)20-12-6-7-12)8-15(21-16)10-2-4-11(18)5-3-10/h2-5,8-9,12H,6-7H2,1H3,(H,20,23). The number of hydrogen-bond acceptors (Lipinski definition) is 3. The van der Waals surface area contributed by atoms with E-state index in [1.807, 2.05) is 0 Å². The van der Waals surface area contributed by atoms with Crippen LogP contribution in [0, 0.1) is 5.82 Å². The summed E-state index contributed by atoms with van der Waals surface area (Å²) in [5, 5.41) is 7.91. The second kappa shape index (κ2) is 5.15. The molecule has 1 amide bonds. The second-order valence-electron chi connectivity index (χ2n) is 5.82. The highest BCUT2D eigenvalue weighted by molar-refractivity contribution is 6.06. The number of carbonyl (C=O) groups excluding carboxylic acids is 1. The van der Waals surface area contributed by atoms with Crippen LogP contribution in [0.15, 0.2) is 36.5 Å². The molecule has 0 aliphatic heterocycles. The summed E-state index contributed by atoms with van der Waals surface area (Å²) >= 11 is 0. The van der Waals surface area contributed by atoms with Crippen LogP contribution in [0.1, 0.15) is 23.2 Å². The smallest absolute Gasteiger partial charge is 0.252 e. The van der Waals surface area contributed by atoms with Gasteiger partial charge in [0.15, 0.2) is 5.65 Å². The van der Waals surface area contributed by atoms with Crippen molar-refractivity contribution in [2.24, 2.45) is 7.05 Å². The van der Waals surface area contributed by atoms with Crippen molar-refractivity contribution in [3.8, 4) is 11.3 Å². The van der Waals surface area contributed by atoms with Gasteiger partial charge in [-0.15, -0.1) is 0 Å². The van der Waals surface area contributed by atoms with E-state index in [1.54, 1.807) is 36.1 Å². The zero-order chi connectivity index (χ0) is 16.0. The van der Waals surface area contributed by atoms with Gasteiger partial charge in [0.2, 0.25) is 0 Å². The maximum Gasteiger partial charge on any atom is 0.252 e. The largest absolute Gasteiger partial charge is 0.349 e. The van der Waals surface area contributed by atoms with Gasteiger partial charge in [0, 0.05) is 18.7 Å². The lowest BCUT2D eigenvalue weighted by atomic mass is 10.1. The molecule has 1 aliphatic carbocycles. The third kappa shape index (κ3) is 2.56. The van der Waals surface area contributed by atoms with E-state index in [0.717, 1.165) is 23.8 Å². The summed E-state index contributed by atoms with van der Waals surface area (Å²) in [6, 6.07) is 8.10. The van der Waals surface area contributed by atoms with Gasteiger partial charge in [0.05, 0.1) is 22.8 Å². The average molecular weight is 310 g/mol. The zero-order valence-corrected chi connectivity index (χ0v) is 12.6. The molecule has 0 spiro atoms. The molecule has 6 heteroatoms. The second-order valence-corrected chi connectivity index (χ2v) is 5.82. The summed E-state index contributed by atoms with van der Waals surface area (Å²) < 4.78 is 14.8. The summed E-state index contributed by atoms with van der Waals surface area (Å²) in [7, 11) is 1.78. The van der Waals surface area contributed by atoms with Gasteiger partial charge < -0.3 is 5.32 Å². The van der Waals surface area contributed by atoms with Gasteiger partial charge in [-0.05, 0) is 43.2 Å². The summed E-state index contributed by atoms with van der Waals surface area (Å²) in [5.74, 6) is -0.418. The van der Waals surface area contributed by atoms with Crippen LogP contribution in [0.4, 0.5) is 4.39 Å². The molecule has 5 nitrogen and oxygen atoms in total. The molecule has 0 bridgehead atoms. The quantitative estimate of drug-likeness (QED) is 0.809. The van der Waals surface area contributed by atoms with E-state index < -0.39 is 0 Å². The van der Waals surface area contributed by atoms with E-state index in [-0.39, 0.29) is 17.8 Å². The molecule has 1 N–H and O–H groups in total. The monoisotopic (exact) mass is 310 g/mol. The van der Waals surface area contributed by atoms with E-state index in [2.05, 4.69) is 15.4 Å². The topological polar surface area (TPSA) is 59.8 Å². The van der Waals surface area contributed by atoms with E-state index in [9.17, 15) is 9.18 Å². The molecule has 1 fully saturated rings. The first kappa shape index (κ1) is 13.9. The highest BCUT2D eigenvalue weighted by Gasteiger charge is 2.25.